The molecule has 0 radical (unpaired) electrons. The zero-order valence-electron chi connectivity index (χ0n) is 13.3. The zero-order chi connectivity index (χ0) is 18.2. The Balaban J connectivity index is 2.17. The average molecular weight is 441 g/mol. The first-order valence-electron chi connectivity index (χ1n) is 7.48. The maximum Gasteiger partial charge on any atom is 0.238 e. The molecular formula is C17H15BrClN3O2S. The van der Waals surface area contributed by atoms with Crippen LogP contribution in [0.5, 0.6) is 0 Å². The second kappa shape index (κ2) is 6.92. The van der Waals surface area contributed by atoms with Gasteiger partial charge in [0, 0.05) is 10.6 Å². The number of rotatable bonds is 4. The van der Waals surface area contributed by atoms with Crippen LogP contribution in [0.2, 0.25) is 5.02 Å². The zero-order valence-corrected chi connectivity index (χ0v) is 16.4. The van der Waals surface area contributed by atoms with Gasteiger partial charge in [-0.25, -0.2) is 18.2 Å². The number of benzene rings is 2. The van der Waals surface area contributed by atoms with Crippen molar-refractivity contribution in [1.29, 1.82) is 0 Å². The van der Waals surface area contributed by atoms with Crippen LogP contribution in [0, 0.1) is 0 Å². The molecule has 3 rings (SSSR count). The van der Waals surface area contributed by atoms with Gasteiger partial charge in [0.05, 0.1) is 26.4 Å². The molecule has 130 valence electrons. The Morgan fingerprint density at radius 1 is 1.12 bits per heavy atom. The summed E-state index contributed by atoms with van der Waals surface area (Å²) in [7, 11) is -3.73. The smallest absolute Gasteiger partial charge is 0.232 e. The number of hydrogen-bond donors (Lipinski definition) is 1. The first kappa shape index (κ1) is 18.1. The minimum absolute atomic E-state index is 0.0613. The van der Waals surface area contributed by atoms with Gasteiger partial charge in [0.1, 0.15) is 0 Å². The molecule has 0 spiro atoms. The van der Waals surface area contributed by atoms with Crippen LogP contribution in [-0.4, -0.2) is 18.2 Å². The van der Waals surface area contributed by atoms with Gasteiger partial charge in [-0.2, -0.15) is 5.10 Å². The Bertz CT molecular complexity index is 1010. The summed E-state index contributed by atoms with van der Waals surface area (Å²) in [6, 6.07) is 13.8. The molecule has 0 saturated heterocycles. The molecule has 0 fully saturated rings. The van der Waals surface area contributed by atoms with Crippen LogP contribution >= 0.6 is 27.5 Å². The van der Waals surface area contributed by atoms with E-state index in [0.29, 0.717) is 5.02 Å². The first-order valence-corrected chi connectivity index (χ1v) is 10.2. The van der Waals surface area contributed by atoms with Gasteiger partial charge in [-0.15, -0.1) is 0 Å². The van der Waals surface area contributed by atoms with Crippen LogP contribution in [0.25, 0.3) is 16.9 Å². The highest BCUT2D eigenvalue weighted by Crippen LogP contribution is 2.34. The van der Waals surface area contributed by atoms with E-state index in [1.54, 1.807) is 16.8 Å². The van der Waals surface area contributed by atoms with Crippen LogP contribution in [-0.2, 0) is 16.4 Å². The van der Waals surface area contributed by atoms with Crippen molar-refractivity contribution in [2.24, 2.45) is 5.14 Å². The summed E-state index contributed by atoms with van der Waals surface area (Å²) in [6.07, 6.45) is 0.753. The standard InChI is InChI=1S/C17H15BrClN3O2S/c1-2-15-16(18)17(11-3-5-12(19)6-4-11)22(21-15)13-7-9-14(10-8-13)25(20,23)24/h3-10H,2H2,1H3,(H2,20,23,24). The molecule has 3 aromatic rings. The predicted molar refractivity (Wildman–Crippen MR) is 102 cm³/mol. The van der Waals surface area contributed by atoms with Crippen molar-refractivity contribution in [1.82, 2.24) is 9.78 Å². The summed E-state index contributed by atoms with van der Waals surface area (Å²) in [5, 5.41) is 10.5. The van der Waals surface area contributed by atoms with E-state index in [0.717, 1.165) is 33.5 Å². The molecule has 1 aromatic heterocycles. The molecule has 0 saturated carbocycles. The van der Waals surface area contributed by atoms with Crippen molar-refractivity contribution in [2.75, 3.05) is 0 Å². The number of halogens is 2. The van der Waals surface area contributed by atoms with Crippen molar-refractivity contribution < 1.29 is 8.42 Å². The van der Waals surface area contributed by atoms with E-state index < -0.39 is 10.0 Å². The lowest BCUT2D eigenvalue weighted by Crippen LogP contribution is -2.12. The molecular weight excluding hydrogens is 426 g/mol. The SMILES string of the molecule is CCc1nn(-c2ccc(S(N)(=O)=O)cc2)c(-c2ccc(Cl)cc2)c1Br. The quantitative estimate of drug-likeness (QED) is 0.661. The minimum Gasteiger partial charge on any atom is -0.232 e. The highest BCUT2D eigenvalue weighted by Gasteiger charge is 2.18. The number of nitrogens with two attached hydrogens (primary N) is 1. The number of aromatic nitrogens is 2. The third-order valence-electron chi connectivity index (χ3n) is 3.76. The summed E-state index contributed by atoms with van der Waals surface area (Å²) in [5.74, 6) is 0. The molecule has 0 unspecified atom stereocenters. The summed E-state index contributed by atoms with van der Waals surface area (Å²) < 4.78 is 25.6. The lowest BCUT2D eigenvalue weighted by Gasteiger charge is -2.09. The molecule has 0 aliphatic heterocycles. The Morgan fingerprint density at radius 3 is 2.24 bits per heavy atom. The lowest BCUT2D eigenvalue weighted by atomic mass is 10.1. The summed E-state index contributed by atoms with van der Waals surface area (Å²) in [5.41, 5.74) is 3.45. The van der Waals surface area contributed by atoms with Crippen molar-refractivity contribution in [2.45, 2.75) is 18.2 Å². The second-order valence-corrected chi connectivity index (χ2v) is 8.21. The summed E-state index contributed by atoms with van der Waals surface area (Å²) >= 11 is 9.61. The number of sulfonamides is 1. The van der Waals surface area contributed by atoms with E-state index in [2.05, 4.69) is 21.0 Å². The number of aryl methyl sites for hydroxylation is 1. The fourth-order valence-electron chi connectivity index (χ4n) is 2.49. The van der Waals surface area contributed by atoms with E-state index in [-0.39, 0.29) is 4.90 Å². The van der Waals surface area contributed by atoms with Gasteiger partial charge in [-0.1, -0.05) is 30.7 Å². The summed E-state index contributed by atoms with van der Waals surface area (Å²) in [6.45, 7) is 2.02. The van der Waals surface area contributed by atoms with Gasteiger partial charge in [-0.05, 0) is 58.7 Å². The lowest BCUT2D eigenvalue weighted by molar-refractivity contribution is 0.598. The van der Waals surface area contributed by atoms with Crippen molar-refractivity contribution in [3.63, 3.8) is 0 Å². The normalized spacial score (nSPS) is 11.7. The van der Waals surface area contributed by atoms with E-state index in [9.17, 15) is 8.42 Å². The Hall–Kier alpha value is -1.67. The van der Waals surface area contributed by atoms with Gasteiger partial charge >= 0.3 is 0 Å². The Morgan fingerprint density at radius 2 is 1.72 bits per heavy atom. The van der Waals surface area contributed by atoms with Crippen LogP contribution in [0.15, 0.2) is 57.9 Å². The predicted octanol–water partition coefficient (Wildman–Crippen LogP) is 4.17. The van der Waals surface area contributed by atoms with Gasteiger partial charge in [0.2, 0.25) is 10.0 Å². The molecule has 0 aliphatic carbocycles. The molecule has 8 heteroatoms. The van der Waals surface area contributed by atoms with E-state index in [1.807, 2.05) is 31.2 Å². The Labute approximate surface area is 159 Å². The molecule has 2 N–H and O–H groups in total. The summed E-state index contributed by atoms with van der Waals surface area (Å²) in [4.78, 5) is 0.0613. The number of primary sulfonamides is 1. The molecule has 25 heavy (non-hydrogen) atoms. The van der Waals surface area contributed by atoms with Crippen molar-refractivity contribution in [3.05, 3.63) is 63.7 Å². The molecule has 0 atom stereocenters. The highest BCUT2D eigenvalue weighted by molar-refractivity contribution is 9.10. The van der Waals surface area contributed by atoms with Gasteiger partial charge < -0.3 is 0 Å². The Kier molecular flexibility index (Phi) is 5.02. The topological polar surface area (TPSA) is 78.0 Å². The van der Waals surface area contributed by atoms with Gasteiger partial charge in [0.25, 0.3) is 0 Å². The van der Waals surface area contributed by atoms with E-state index in [1.165, 1.54) is 12.1 Å². The fourth-order valence-corrected chi connectivity index (χ4v) is 3.89. The largest absolute Gasteiger partial charge is 0.238 e. The van der Waals surface area contributed by atoms with Crippen molar-refractivity contribution >= 4 is 37.6 Å². The maximum absolute atomic E-state index is 11.4. The van der Waals surface area contributed by atoms with Crippen LogP contribution in [0.4, 0.5) is 0 Å². The minimum atomic E-state index is -3.73. The van der Waals surface area contributed by atoms with E-state index >= 15 is 0 Å². The highest BCUT2D eigenvalue weighted by atomic mass is 79.9. The molecule has 0 amide bonds. The molecule has 0 aliphatic rings. The number of hydrogen-bond acceptors (Lipinski definition) is 3. The molecule has 1 heterocycles. The molecule has 0 bridgehead atoms. The monoisotopic (exact) mass is 439 g/mol. The fraction of sp³-hybridized carbons (Fsp3) is 0.118. The first-order chi connectivity index (χ1) is 11.8. The van der Waals surface area contributed by atoms with Crippen LogP contribution < -0.4 is 5.14 Å². The van der Waals surface area contributed by atoms with Crippen molar-refractivity contribution in [3.8, 4) is 16.9 Å². The van der Waals surface area contributed by atoms with Gasteiger partial charge in [-0.3, -0.25) is 0 Å². The van der Waals surface area contributed by atoms with Crippen LogP contribution in [0.3, 0.4) is 0 Å². The second-order valence-electron chi connectivity index (χ2n) is 5.42. The maximum atomic E-state index is 11.4. The van der Waals surface area contributed by atoms with E-state index in [4.69, 9.17) is 16.7 Å². The van der Waals surface area contributed by atoms with Crippen LogP contribution in [0.1, 0.15) is 12.6 Å². The molecule has 5 nitrogen and oxygen atoms in total. The molecule has 2 aromatic carbocycles. The third-order valence-corrected chi connectivity index (χ3v) is 5.77. The number of nitrogens with zero attached hydrogens (tertiary/aromatic N) is 2. The van der Waals surface area contributed by atoms with Gasteiger partial charge in [0.15, 0.2) is 0 Å². The third kappa shape index (κ3) is 3.64. The average Bonchev–Trinajstić information content (AvgIpc) is 2.91.